The average molecular weight is 250 g/mol. The van der Waals surface area contributed by atoms with Gasteiger partial charge in [-0.2, -0.15) is 5.26 Å². The molecule has 1 rings (SSSR count). The van der Waals surface area contributed by atoms with Crippen LogP contribution in [-0.4, -0.2) is 25.7 Å². The first-order chi connectivity index (χ1) is 8.63. The van der Waals surface area contributed by atoms with Crippen LogP contribution in [0.5, 0.6) is 11.5 Å². The first kappa shape index (κ1) is 13.8. The topological polar surface area (TPSA) is 85.4 Å². The van der Waals surface area contributed by atoms with Gasteiger partial charge in [-0.3, -0.25) is 10.1 Å². The van der Waals surface area contributed by atoms with Gasteiger partial charge in [0.1, 0.15) is 0 Å². The highest BCUT2D eigenvalue weighted by molar-refractivity contribution is 5.48. The number of benzene rings is 1. The van der Waals surface area contributed by atoms with Crippen molar-refractivity contribution in [1.82, 2.24) is 0 Å². The van der Waals surface area contributed by atoms with Crippen molar-refractivity contribution >= 4 is 0 Å². The number of hydrogen-bond acceptors (Lipinski definition) is 5. The van der Waals surface area contributed by atoms with Gasteiger partial charge in [-0.25, -0.2) is 0 Å². The number of nitriles is 1. The van der Waals surface area contributed by atoms with Gasteiger partial charge in [0.15, 0.2) is 11.5 Å². The number of para-hydroxylation sites is 1. The molecule has 0 aliphatic heterocycles. The molecule has 96 valence electrons. The predicted octanol–water partition coefficient (Wildman–Crippen LogP) is 1.98. The van der Waals surface area contributed by atoms with Crippen molar-refractivity contribution < 1.29 is 14.4 Å². The molecule has 0 spiro atoms. The van der Waals surface area contributed by atoms with Gasteiger partial charge < -0.3 is 9.47 Å². The van der Waals surface area contributed by atoms with E-state index >= 15 is 0 Å². The predicted molar refractivity (Wildman–Crippen MR) is 64.4 cm³/mol. The minimum absolute atomic E-state index is 0.0600. The first-order valence-electron chi connectivity index (χ1n) is 5.33. The largest absolute Gasteiger partial charge is 0.493 e. The Balaban J connectivity index is 3.18. The summed E-state index contributed by atoms with van der Waals surface area (Å²) in [4.78, 5) is 10.2. The Morgan fingerprint density at radius 3 is 2.67 bits per heavy atom. The van der Waals surface area contributed by atoms with E-state index in [1.165, 1.54) is 14.2 Å². The quantitative estimate of drug-likeness (QED) is 0.569. The van der Waals surface area contributed by atoms with Crippen LogP contribution in [0.4, 0.5) is 0 Å². The van der Waals surface area contributed by atoms with Crippen molar-refractivity contribution in [2.45, 2.75) is 12.3 Å². The van der Waals surface area contributed by atoms with Gasteiger partial charge in [-0.05, 0) is 6.07 Å². The molecule has 6 nitrogen and oxygen atoms in total. The van der Waals surface area contributed by atoms with Crippen molar-refractivity contribution in [3.63, 3.8) is 0 Å². The van der Waals surface area contributed by atoms with E-state index in [-0.39, 0.29) is 13.0 Å². The Morgan fingerprint density at radius 1 is 1.44 bits per heavy atom. The Hall–Kier alpha value is -2.29. The Bertz CT molecular complexity index is 468. The van der Waals surface area contributed by atoms with Crippen LogP contribution in [0.15, 0.2) is 18.2 Å². The third-order valence-corrected chi connectivity index (χ3v) is 2.58. The zero-order valence-electron chi connectivity index (χ0n) is 10.3. The molecule has 0 amide bonds. The van der Waals surface area contributed by atoms with Crippen LogP contribution in [0.25, 0.3) is 0 Å². The van der Waals surface area contributed by atoms with Crippen LogP contribution in [0, 0.1) is 21.4 Å². The molecule has 0 heterocycles. The van der Waals surface area contributed by atoms with Crippen LogP contribution >= 0.6 is 0 Å². The molecule has 0 N–H and O–H groups in total. The van der Waals surface area contributed by atoms with Crippen LogP contribution in [0.1, 0.15) is 17.9 Å². The summed E-state index contributed by atoms with van der Waals surface area (Å²) in [5.74, 6) is 0.443. The molecule has 1 unspecified atom stereocenters. The van der Waals surface area contributed by atoms with E-state index in [0.29, 0.717) is 17.1 Å². The molecule has 1 aromatic rings. The minimum atomic E-state index is -0.505. The molecule has 0 fully saturated rings. The molecule has 0 saturated carbocycles. The van der Waals surface area contributed by atoms with Crippen molar-refractivity contribution in [3.8, 4) is 17.6 Å². The van der Waals surface area contributed by atoms with E-state index < -0.39 is 10.8 Å². The van der Waals surface area contributed by atoms with E-state index in [2.05, 4.69) is 0 Å². The number of rotatable bonds is 6. The second-order valence-corrected chi connectivity index (χ2v) is 3.66. The molecule has 6 heteroatoms. The van der Waals surface area contributed by atoms with Crippen molar-refractivity contribution in [3.05, 3.63) is 33.9 Å². The molecule has 0 radical (unpaired) electrons. The van der Waals surface area contributed by atoms with Gasteiger partial charge in [0.2, 0.25) is 6.54 Å². The molecule has 0 bridgehead atoms. The fraction of sp³-hybridized carbons (Fsp3) is 0.417. The van der Waals surface area contributed by atoms with E-state index in [1.807, 2.05) is 6.07 Å². The summed E-state index contributed by atoms with van der Waals surface area (Å²) in [6.45, 7) is -0.308. The number of ether oxygens (including phenoxy) is 2. The van der Waals surface area contributed by atoms with E-state index in [0.717, 1.165) is 0 Å². The van der Waals surface area contributed by atoms with Crippen LogP contribution in [0.3, 0.4) is 0 Å². The lowest BCUT2D eigenvalue weighted by molar-refractivity contribution is -0.483. The van der Waals surface area contributed by atoms with E-state index in [4.69, 9.17) is 14.7 Å². The summed E-state index contributed by atoms with van der Waals surface area (Å²) >= 11 is 0. The van der Waals surface area contributed by atoms with Crippen LogP contribution in [0.2, 0.25) is 0 Å². The number of nitrogens with zero attached hydrogens (tertiary/aromatic N) is 2. The van der Waals surface area contributed by atoms with Gasteiger partial charge in [0, 0.05) is 16.9 Å². The maximum Gasteiger partial charge on any atom is 0.211 e. The summed E-state index contributed by atoms with van der Waals surface area (Å²) in [5.41, 5.74) is 0.620. The first-order valence-corrected chi connectivity index (χ1v) is 5.33. The van der Waals surface area contributed by atoms with E-state index in [9.17, 15) is 10.1 Å². The third kappa shape index (κ3) is 3.10. The van der Waals surface area contributed by atoms with Gasteiger partial charge in [-0.1, -0.05) is 12.1 Å². The van der Waals surface area contributed by atoms with Crippen molar-refractivity contribution in [1.29, 1.82) is 5.26 Å². The third-order valence-electron chi connectivity index (χ3n) is 2.58. The molecule has 0 saturated heterocycles. The van der Waals surface area contributed by atoms with Gasteiger partial charge in [0.25, 0.3) is 0 Å². The van der Waals surface area contributed by atoms with Gasteiger partial charge in [-0.15, -0.1) is 0 Å². The number of methoxy groups -OCH3 is 2. The highest BCUT2D eigenvalue weighted by Crippen LogP contribution is 2.36. The summed E-state index contributed by atoms with van der Waals surface area (Å²) in [5, 5.41) is 19.4. The second kappa shape index (κ2) is 6.45. The van der Waals surface area contributed by atoms with Crippen LogP contribution in [-0.2, 0) is 0 Å². The van der Waals surface area contributed by atoms with Crippen molar-refractivity contribution in [2.75, 3.05) is 20.8 Å². The smallest absolute Gasteiger partial charge is 0.211 e. The molecule has 18 heavy (non-hydrogen) atoms. The lowest BCUT2D eigenvalue weighted by atomic mass is 9.95. The molecule has 0 aromatic heterocycles. The summed E-state index contributed by atoms with van der Waals surface area (Å²) in [7, 11) is 2.96. The van der Waals surface area contributed by atoms with Crippen molar-refractivity contribution in [2.24, 2.45) is 0 Å². The van der Waals surface area contributed by atoms with E-state index in [1.54, 1.807) is 18.2 Å². The molecule has 0 aliphatic rings. The summed E-state index contributed by atoms with van der Waals surface area (Å²) in [6, 6.07) is 7.10. The van der Waals surface area contributed by atoms with Crippen LogP contribution < -0.4 is 9.47 Å². The Morgan fingerprint density at radius 2 is 2.17 bits per heavy atom. The molecular weight excluding hydrogens is 236 g/mol. The lowest BCUT2D eigenvalue weighted by Gasteiger charge is -2.16. The average Bonchev–Trinajstić information content (AvgIpc) is 2.36. The monoisotopic (exact) mass is 250 g/mol. The number of nitro groups is 1. The van der Waals surface area contributed by atoms with Gasteiger partial charge >= 0.3 is 0 Å². The maximum atomic E-state index is 10.6. The molecule has 0 aliphatic carbocycles. The highest BCUT2D eigenvalue weighted by atomic mass is 16.6. The fourth-order valence-electron chi connectivity index (χ4n) is 1.80. The number of hydrogen-bond donors (Lipinski definition) is 0. The Labute approximate surface area is 105 Å². The highest BCUT2D eigenvalue weighted by Gasteiger charge is 2.23. The van der Waals surface area contributed by atoms with Gasteiger partial charge in [0.05, 0.1) is 26.2 Å². The lowest BCUT2D eigenvalue weighted by Crippen LogP contribution is -2.13. The SMILES string of the molecule is COc1cccc(C(CC#N)C[N+](=O)[O-])c1OC. The normalized spacial score (nSPS) is 11.4. The summed E-state index contributed by atoms with van der Waals surface area (Å²) < 4.78 is 10.4. The zero-order chi connectivity index (χ0) is 13.5. The fourth-order valence-corrected chi connectivity index (χ4v) is 1.80. The maximum absolute atomic E-state index is 10.6. The molecule has 1 atom stereocenters. The second-order valence-electron chi connectivity index (χ2n) is 3.66. The molecule has 1 aromatic carbocycles. The minimum Gasteiger partial charge on any atom is -0.493 e. The molecular formula is C12H14N2O4. The zero-order valence-corrected chi connectivity index (χ0v) is 10.3. The Kier molecular flexibility index (Phi) is 4.93. The standard InChI is InChI=1S/C12H14N2O4/c1-17-11-5-3-4-10(12(11)18-2)9(6-7-13)8-14(15)16/h3-5,9H,6,8H2,1-2H3. The summed E-state index contributed by atoms with van der Waals surface area (Å²) in [6.07, 6.45) is 0.0600.